The predicted octanol–water partition coefficient (Wildman–Crippen LogP) is 2.68. The molecule has 0 unspecified atom stereocenters. The molecular weight excluding hydrogens is 200 g/mol. The average molecular weight is 222 g/mol. The molecule has 0 radical (unpaired) electrons. The Bertz CT molecular complexity index is 360. The van der Waals surface area contributed by atoms with Crippen LogP contribution in [0.25, 0.3) is 0 Å². The molecule has 0 aromatic rings. The zero-order chi connectivity index (χ0) is 12.2. The molecule has 2 bridgehead atoms. The third kappa shape index (κ3) is 1.26. The van der Waals surface area contributed by atoms with Gasteiger partial charge in [-0.2, -0.15) is 0 Å². The van der Waals surface area contributed by atoms with Crippen molar-refractivity contribution >= 4 is 0 Å². The van der Waals surface area contributed by atoms with E-state index in [1.807, 2.05) is 6.92 Å². The number of rotatable bonds is 2. The van der Waals surface area contributed by atoms with Gasteiger partial charge >= 0.3 is 0 Å². The summed E-state index contributed by atoms with van der Waals surface area (Å²) in [7, 11) is 1.76. The van der Waals surface area contributed by atoms with E-state index in [1.54, 1.807) is 7.11 Å². The molecule has 2 heteroatoms. The first-order valence-corrected chi connectivity index (χ1v) is 5.90. The smallest absolute Gasteiger partial charge is 0.0946 e. The molecule has 0 amide bonds. The van der Waals surface area contributed by atoms with Crippen molar-refractivity contribution in [2.45, 2.75) is 44.8 Å². The van der Waals surface area contributed by atoms with E-state index >= 15 is 0 Å². The first-order valence-electron chi connectivity index (χ1n) is 5.90. The second-order valence-electron chi connectivity index (χ2n) is 5.92. The standard InChI is InChI=1S/C14H22O2/c1-10(2)14(15)8-11-6-7-12(14,3)9-13(11,4)16-5/h6-7,11,15H,1,8-9H2,2-5H3/t11-,12-,13+,14-/m1/s1. The highest BCUT2D eigenvalue weighted by molar-refractivity contribution is 5.32. The zero-order valence-electron chi connectivity index (χ0n) is 10.7. The van der Waals surface area contributed by atoms with E-state index in [2.05, 4.69) is 32.6 Å². The first-order chi connectivity index (χ1) is 7.27. The quantitative estimate of drug-likeness (QED) is 0.728. The van der Waals surface area contributed by atoms with Crippen LogP contribution in [0.5, 0.6) is 0 Å². The number of hydrogen-bond acceptors (Lipinski definition) is 2. The number of aliphatic hydroxyl groups is 1. The van der Waals surface area contributed by atoms with Gasteiger partial charge in [-0.15, -0.1) is 0 Å². The van der Waals surface area contributed by atoms with Crippen LogP contribution in [0, 0.1) is 11.3 Å². The van der Waals surface area contributed by atoms with E-state index in [4.69, 9.17) is 4.74 Å². The van der Waals surface area contributed by atoms with Crippen LogP contribution < -0.4 is 0 Å². The Morgan fingerprint density at radius 3 is 2.56 bits per heavy atom. The molecule has 4 atom stereocenters. The van der Waals surface area contributed by atoms with Crippen molar-refractivity contribution in [3.63, 3.8) is 0 Å². The molecule has 0 spiro atoms. The molecule has 0 heterocycles. The molecule has 0 aromatic heterocycles. The molecule has 0 aliphatic heterocycles. The van der Waals surface area contributed by atoms with Crippen molar-refractivity contribution in [1.29, 1.82) is 0 Å². The van der Waals surface area contributed by atoms with Crippen molar-refractivity contribution in [3.8, 4) is 0 Å². The topological polar surface area (TPSA) is 29.5 Å². The van der Waals surface area contributed by atoms with Gasteiger partial charge in [0.1, 0.15) is 0 Å². The summed E-state index contributed by atoms with van der Waals surface area (Å²) in [6, 6.07) is 0. The first kappa shape index (κ1) is 11.9. The Morgan fingerprint density at radius 2 is 2.12 bits per heavy atom. The summed E-state index contributed by atoms with van der Waals surface area (Å²) in [4.78, 5) is 0. The van der Waals surface area contributed by atoms with E-state index in [1.165, 1.54) is 0 Å². The maximum atomic E-state index is 10.8. The van der Waals surface area contributed by atoms with Crippen molar-refractivity contribution in [1.82, 2.24) is 0 Å². The van der Waals surface area contributed by atoms with Crippen LogP contribution >= 0.6 is 0 Å². The molecule has 3 aliphatic rings. The molecular formula is C14H22O2. The Labute approximate surface area is 98.0 Å². The van der Waals surface area contributed by atoms with Gasteiger partial charge in [0, 0.05) is 18.4 Å². The highest BCUT2D eigenvalue weighted by Gasteiger charge is 2.59. The van der Waals surface area contributed by atoms with Crippen molar-refractivity contribution in [2.24, 2.45) is 11.3 Å². The molecule has 0 aromatic carbocycles. The van der Waals surface area contributed by atoms with Gasteiger partial charge in [-0.05, 0) is 32.3 Å². The van der Waals surface area contributed by atoms with Crippen LogP contribution in [-0.2, 0) is 4.74 Å². The van der Waals surface area contributed by atoms with E-state index in [0.717, 1.165) is 18.4 Å². The Hall–Kier alpha value is -0.600. The lowest BCUT2D eigenvalue weighted by atomic mass is 9.51. The molecule has 90 valence electrons. The minimum Gasteiger partial charge on any atom is -0.385 e. The molecule has 0 saturated heterocycles. The third-order valence-corrected chi connectivity index (χ3v) is 4.83. The van der Waals surface area contributed by atoms with Crippen molar-refractivity contribution in [3.05, 3.63) is 24.3 Å². The maximum Gasteiger partial charge on any atom is 0.0946 e. The summed E-state index contributed by atoms with van der Waals surface area (Å²) in [5.41, 5.74) is -0.309. The molecule has 1 N–H and O–H groups in total. The van der Waals surface area contributed by atoms with Gasteiger partial charge in [0.2, 0.25) is 0 Å². The van der Waals surface area contributed by atoms with E-state index in [9.17, 15) is 5.11 Å². The van der Waals surface area contributed by atoms with Gasteiger partial charge in [-0.3, -0.25) is 0 Å². The monoisotopic (exact) mass is 222 g/mol. The average Bonchev–Trinajstić information content (AvgIpc) is 2.20. The fourth-order valence-corrected chi connectivity index (χ4v) is 3.46. The minimum atomic E-state index is -0.773. The molecule has 2 nitrogen and oxygen atoms in total. The molecule has 1 fully saturated rings. The van der Waals surface area contributed by atoms with Crippen LogP contribution in [0.3, 0.4) is 0 Å². The van der Waals surface area contributed by atoms with Gasteiger partial charge < -0.3 is 9.84 Å². The highest BCUT2D eigenvalue weighted by atomic mass is 16.5. The maximum absolute atomic E-state index is 10.8. The number of hydrogen-bond donors (Lipinski definition) is 1. The van der Waals surface area contributed by atoms with Gasteiger partial charge in [0.15, 0.2) is 0 Å². The SMILES string of the molecule is C=C(C)[C@]1(O)C[C@H]2C=C[C@]1(C)C[C@]2(C)OC. The van der Waals surface area contributed by atoms with Gasteiger partial charge in [-0.25, -0.2) is 0 Å². The Balaban J connectivity index is 2.45. The normalized spacial score (nSPS) is 50.7. The van der Waals surface area contributed by atoms with Gasteiger partial charge in [0.05, 0.1) is 11.2 Å². The summed E-state index contributed by atoms with van der Waals surface area (Å²) < 4.78 is 5.66. The van der Waals surface area contributed by atoms with Crippen LogP contribution in [0.4, 0.5) is 0 Å². The van der Waals surface area contributed by atoms with Crippen molar-refractivity contribution < 1.29 is 9.84 Å². The summed E-state index contributed by atoms with van der Waals surface area (Å²) in [5.74, 6) is 0.279. The van der Waals surface area contributed by atoms with Gasteiger partial charge in [0.25, 0.3) is 0 Å². The second kappa shape index (κ2) is 3.21. The second-order valence-corrected chi connectivity index (χ2v) is 5.92. The van der Waals surface area contributed by atoms with Crippen molar-refractivity contribution in [2.75, 3.05) is 7.11 Å². The summed E-state index contributed by atoms with van der Waals surface area (Å²) in [6.45, 7) is 10.1. The molecule has 16 heavy (non-hydrogen) atoms. The highest BCUT2D eigenvalue weighted by Crippen LogP contribution is 2.58. The molecule has 1 saturated carbocycles. The van der Waals surface area contributed by atoms with Crippen LogP contribution in [-0.4, -0.2) is 23.4 Å². The molecule has 3 rings (SSSR count). The predicted molar refractivity (Wildman–Crippen MR) is 65.1 cm³/mol. The number of ether oxygens (including phenoxy) is 1. The fraction of sp³-hybridized carbons (Fsp3) is 0.714. The Morgan fingerprint density at radius 1 is 1.50 bits per heavy atom. The van der Waals surface area contributed by atoms with Crippen LogP contribution in [0.1, 0.15) is 33.6 Å². The lowest BCUT2D eigenvalue weighted by Gasteiger charge is -2.59. The minimum absolute atomic E-state index is 0.148. The summed E-state index contributed by atoms with van der Waals surface area (Å²) in [6.07, 6.45) is 5.92. The Kier molecular flexibility index (Phi) is 2.38. The fourth-order valence-electron chi connectivity index (χ4n) is 3.46. The van der Waals surface area contributed by atoms with Gasteiger partial charge in [-0.1, -0.05) is 25.7 Å². The third-order valence-electron chi connectivity index (χ3n) is 4.83. The lowest BCUT2D eigenvalue weighted by molar-refractivity contribution is -0.166. The zero-order valence-corrected chi connectivity index (χ0v) is 10.7. The largest absolute Gasteiger partial charge is 0.385 e. The lowest BCUT2D eigenvalue weighted by Crippen LogP contribution is -2.61. The van der Waals surface area contributed by atoms with Crippen LogP contribution in [0.15, 0.2) is 24.3 Å². The number of methoxy groups -OCH3 is 1. The van der Waals surface area contributed by atoms with E-state index < -0.39 is 5.60 Å². The summed E-state index contributed by atoms with van der Waals surface area (Å²) in [5, 5.41) is 10.8. The van der Waals surface area contributed by atoms with Crippen LogP contribution in [0.2, 0.25) is 0 Å². The van der Waals surface area contributed by atoms with E-state index in [-0.39, 0.29) is 16.9 Å². The molecule has 3 aliphatic carbocycles. The van der Waals surface area contributed by atoms with E-state index in [0.29, 0.717) is 0 Å². The summed E-state index contributed by atoms with van der Waals surface area (Å²) >= 11 is 0. The number of fused-ring (bicyclic) bond motifs is 2.